The zero-order valence-corrected chi connectivity index (χ0v) is 16.6. The van der Waals surface area contributed by atoms with Gasteiger partial charge in [-0.1, -0.05) is 23.7 Å². The number of thiophene rings is 1. The maximum absolute atomic E-state index is 10.3. The smallest absolute Gasteiger partial charge is 0.214 e. The molecular weight excluding hydrogens is 396 g/mol. The molecule has 2 aliphatic rings. The molecule has 0 spiro atoms. The van der Waals surface area contributed by atoms with Crippen molar-refractivity contribution in [2.24, 2.45) is 5.10 Å². The van der Waals surface area contributed by atoms with Crippen LogP contribution in [-0.2, 0) is 0 Å². The number of hydrazone groups is 1. The number of halogens is 1. The predicted octanol–water partition coefficient (Wildman–Crippen LogP) is 5.36. The van der Waals surface area contributed by atoms with Crippen LogP contribution >= 0.6 is 22.9 Å². The number of phenolic OH excluding ortho intramolecular Hbond substituents is 1. The summed E-state index contributed by atoms with van der Waals surface area (Å²) >= 11 is 7.78. The second kappa shape index (κ2) is 6.72. The first-order valence-electron chi connectivity index (χ1n) is 8.86. The number of phenols is 1. The normalized spacial score (nSPS) is 20.2. The van der Waals surface area contributed by atoms with Gasteiger partial charge in [-0.25, -0.2) is 5.01 Å². The number of hydrogen-bond donors (Lipinski definition) is 1. The Hall–Kier alpha value is -2.70. The zero-order valence-electron chi connectivity index (χ0n) is 15.0. The molecule has 0 saturated carbocycles. The summed E-state index contributed by atoms with van der Waals surface area (Å²) in [5, 5.41) is 21.8. The van der Waals surface area contributed by atoms with Crippen LogP contribution in [0.2, 0.25) is 5.02 Å². The van der Waals surface area contributed by atoms with Gasteiger partial charge in [-0.3, -0.25) is 0 Å². The van der Waals surface area contributed by atoms with E-state index in [4.69, 9.17) is 26.2 Å². The van der Waals surface area contributed by atoms with E-state index in [-0.39, 0.29) is 18.0 Å². The number of aromatic hydroxyl groups is 1. The number of benzene rings is 2. The molecule has 0 aliphatic carbocycles. The molecule has 0 fully saturated rings. The summed E-state index contributed by atoms with van der Waals surface area (Å²) in [6.45, 7) is 0. The number of rotatable bonds is 3. The Labute approximate surface area is 171 Å². The van der Waals surface area contributed by atoms with Crippen molar-refractivity contribution in [2.45, 2.75) is 18.7 Å². The predicted molar refractivity (Wildman–Crippen MR) is 110 cm³/mol. The summed E-state index contributed by atoms with van der Waals surface area (Å²) in [4.78, 5) is 0. The van der Waals surface area contributed by atoms with Gasteiger partial charge in [0, 0.05) is 28.1 Å². The molecule has 28 heavy (non-hydrogen) atoms. The van der Waals surface area contributed by atoms with Crippen LogP contribution in [-0.4, -0.2) is 22.9 Å². The van der Waals surface area contributed by atoms with Gasteiger partial charge in [0.15, 0.2) is 11.5 Å². The van der Waals surface area contributed by atoms with Crippen LogP contribution in [0.5, 0.6) is 17.2 Å². The lowest BCUT2D eigenvalue weighted by atomic mass is 9.95. The van der Waals surface area contributed by atoms with Crippen molar-refractivity contribution in [2.75, 3.05) is 7.11 Å². The molecule has 2 atom stereocenters. The van der Waals surface area contributed by atoms with Crippen LogP contribution in [0.25, 0.3) is 0 Å². The van der Waals surface area contributed by atoms with Crippen LogP contribution in [0.3, 0.4) is 0 Å². The number of fused-ring (bicyclic) bond motifs is 3. The molecule has 5 nitrogen and oxygen atoms in total. The first-order valence-corrected chi connectivity index (χ1v) is 10.2. The summed E-state index contributed by atoms with van der Waals surface area (Å²) in [5.41, 5.74) is 3.48. The van der Waals surface area contributed by atoms with Gasteiger partial charge in [0.1, 0.15) is 5.75 Å². The fourth-order valence-corrected chi connectivity index (χ4v) is 4.62. The lowest BCUT2D eigenvalue weighted by molar-refractivity contribution is -0.0206. The van der Waals surface area contributed by atoms with Crippen LogP contribution in [0.1, 0.15) is 35.4 Å². The van der Waals surface area contributed by atoms with E-state index in [0.717, 1.165) is 22.6 Å². The highest BCUT2D eigenvalue weighted by molar-refractivity contribution is 7.07. The van der Waals surface area contributed by atoms with Gasteiger partial charge in [0.2, 0.25) is 6.23 Å². The highest BCUT2D eigenvalue weighted by atomic mass is 35.5. The minimum absolute atomic E-state index is 0.0165. The molecule has 2 aliphatic heterocycles. The number of methoxy groups -OCH3 is 1. The van der Waals surface area contributed by atoms with Gasteiger partial charge in [-0.15, -0.1) is 0 Å². The van der Waals surface area contributed by atoms with Gasteiger partial charge in [-0.05, 0) is 41.1 Å². The molecule has 0 radical (unpaired) electrons. The average molecular weight is 413 g/mol. The molecule has 0 saturated heterocycles. The Morgan fingerprint density at radius 1 is 1.29 bits per heavy atom. The quantitative estimate of drug-likeness (QED) is 0.629. The van der Waals surface area contributed by atoms with Gasteiger partial charge < -0.3 is 14.6 Å². The molecule has 0 amide bonds. The molecule has 2 aromatic carbocycles. The molecular formula is C21H17ClN2O3S. The number of para-hydroxylation sites is 1. The second-order valence-electron chi connectivity index (χ2n) is 6.71. The Balaban J connectivity index is 1.64. The van der Waals surface area contributed by atoms with Crippen molar-refractivity contribution in [1.82, 2.24) is 5.01 Å². The highest BCUT2D eigenvalue weighted by Gasteiger charge is 2.42. The molecule has 7 heteroatoms. The Bertz CT molecular complexity index is 1070. The standard InChI is InChI=1S/C21H17ClN2O3S/c1-26-19-4-2-3-14-17-10-16(15-9-13(22)5-6-18(15)25)23-24(17)21(27-20(14)19)12-7-8-28-11-12/h2-9,11,17,21,25H,10H2,1H3/t17-,21-/m0/s1. The molecule has 3 heterocycles. The molecule has 0 unspecified atom stereocenters. The van der Waals surface area contributed by atoms with Crippen molar-refractivity contribution in [1.29, 1.82) is 0 Å². The van der Waals surface area contributed by atoms with Gasteiger partial charge in [-0.2, -0.15) is 16.4 Å². The molecule has 1 N–H and O–H groups in total. The number of nitrogens with zero attached hydrogens (tertiary/aromatic N) is 2. The SMILES string of the molecule is COc1cccc2c1O[C@@H](c1ccsc1)N1N=C(c3cc(Cl)ccc3O)C[C@@H]21. The first kappa shape index (κ1) is 17.4. The van der Waals surface area contributed by atoms with E-state index in [2.05, 4.69) is 5.38 Å². The first-order chi connectivity index (χ1) is 13.7. The molecule has 5 rings (SSSR count). The van der Waals surface area contributed by atoms with Crippen LogP contribution in [0, 0.1) is 0 Å². The van der Waals surface area contributed by atoms with Crippen LogP contribution in [0.15, 0.2) is 58.3 Å². The Morgan fingerprint density at radius 2 is 2.18 bits per heavy atom. The molecule has 1 aromatic heterocycles. The monoisotopic (exact) mass is 412 g/mol. The Morgan fingerprint density at radius 3 is 2.96 bits per heavy atom. The molecule has 142 valence electrons. The lowest BCUT2D eigenvalue weighted by Gasteiger charge is -2.38. The zero-order chi connectivity index (χ0) is 19.3. The van der Waals surface area contributed by atoms with E-state index in [9.17, 15) is 5.11 Å². The topological polar surface area (TPSA) is 54.3 Å². The van der Waals surface area contributed by atoms with Gasteiger partial charge in [0.25, 0.3) is 0 Å². The largest absolute Gasteiger partial charge is 0.507 e. The van der Waals surface area contributed by atoms with E-state index in [1.165, 1.54) is 0 Å². The maximum Gasteiger partial charge on any atom is 0.214 e. The minimum atomic E-state index is -0.362. The van der Waals surface area contributed by atoms with E-state index in [0.29, 0.717) is 22.8 Å². The third-order valence-electron chi connectivity index (χ3n) is 5.10. The maximum atomic E-state index is 10.3. The summed E-state index contributed by atoms with van der Waals surface area (Å²) < 4.78 is 11.9. The Kier molecular flexibility index (Phi) is 4.18. The van der Waals surface area contributed by atoms with Crippen LogP contribution in [0.4, 0.5) is 0 Å². The second-order valence-corrected chi connectivity index (χ2v) is 7.93. The summed E-state index contributed by atoms with van der Waals surface area (Å²) in [7, 11) is 1.64. The molecule has 3 aromatic rings. The summed E-state index contributed by atoms with van der Waals surface area (Å²) in [6.07, 6.45) is 0.275. The van der Waals surface area contributed by atoms with Crippen LogP contribution < -0.4 is 9.47 Å². The third-order valence-corrected chi connectivity index (χ3v) is 6.03. The van der Waals surface area contributed by atoms with E-state index in [1.54, 1.807) is 36.6 Å². The third kappa shape index (κ3) is 2.72. The van der Waals surface area contributed by atoms with Crippen molar-refractivity contribution in [3.05, 3.63) is 74.9 Å². The van der Waals surface area contributed by atoms with E-state index >= 15 is 0 Å². The van der Waals surface area contributed by atoms with Crippen molar-refractivity contribution in [3.63, 3.8) is 0 Å². The van der Waals surface area contributed by atoms with Crippen molar-refractivity contribution >= 4 is 28.6 Å². The van der Waals surface area contributed by atoms with E-state index in [1.807, 2.05) is 34.7 Å². The molecule has 0 bridgehead atoms. The average Bonchev–Trinajstić information content (AvgIpc) is 3.39. The van der Waals surface area contributed by atoms with Gasteiger partial charge in [0.05, 0.1) is 18.9 Å². The summed E-state index contributed by atoms with van der Waals surface area (Å²) in [6, 6.07) is 12.9. The van der Waals surface area contributed by atoms with Gasteiger partial charge >= 0.3 is 0 Å². The van der Waals surface area contributed by atoms with E-state index < -0.39 is 0 Å². The fourth-order valence-electron chi connectivity index (χ4n) is 3.78. The fraction of sp³-hybridized carbons (Fsp3) is 0.190. The van der Waals surface area contributed by atoms with Crippen molar-refractivity contribution in [3.8, 4) is 17.2 Å². The summed E-state index contributed by atoms with van der Waals surface area (Å²) in [5.74, 6) is 1.62. The highest BCUT2D eigenvalue weighted by Crippen LogP contribution is 2.51. The lowest BCUT2D eigenvalue weighted by Crippen LogP contribution is -2.33. The number of ether oxygens (including phenoxy) is 2. The van der Waals surface area contributed by atoms with Crippen molar-refractivity contribution < 1.29 is 14.6 Å². The number of hydrogen-bond acceptors (Lipinski definition) is 6. The minimum Gasteiger partial charge on any atom is -0.507 e.